The summed E-state index contributed by atoms with van der Waals surface area (Å²) in [6.45, 7) is 9.79. The summed E-state index contributed by atoms with van der Waals surface area (Å²) in [6.07, 6.45) is 28.8. The minimum atomic E-state index is -0.182. The van der Waals surface area contributed by atoms with Gasteiger partial charge in [0.2, 0.25) is 0 Å². The van der Waals surface area contributed by atoms with E-state index in [1.165, 1.54) is 61.5 Å². The van der Waals surface area contributed by atoms with Crippen LogP contribution in [0.4, 0.5) is 5.69 Å². The van der Waals surface area contributed by atoms with Gasteiger partial charge in [-0.25, -0.2) is 0 Å². The summed E-state index contributed by atoms with van der Waals surface area (Å²) >= 11 is 0. The molecule has 6 unspecified atom stereocenters. The van der Waals surface area contributed by atoms with Gasteiger partial charge in [-0.1, -0.05) is 98.9 Å². The molecule has 0 amide bonds. The van der Waals surface area contributed by atoms with Crippen molar-refractivity contribution in [2.75, 3.05) is 4.90 Å². The molecule has 10 rings (SSSR count). The van der Waals surface area contributed by atoms with Gasteiger partial charge < -0.3 is 14.4 Å². The van der Waals surface area contributed by atoms with E-state index in [1.807, 2.05) is 0 Å². The maximum atomic E-state index is 2.69. The summed E-state index contributed by atoms with van der Waals surface area (Å²) in [7, 11) is 0. The molecule has 4 aliphatic carbocycles. The van der Waals surface area contributed by atoms with Gasteiger partial charge in [0.25, 0.3) is 0 Å². The number of allylic oxidation sites excluding steroid dienone is 12. The summed E-state index contributed by atoms with van der Waals surface area (Å²) in [5.41, 5.74) is 11.8. The molecule has 0 saturated carbocycles. The van der Waals surface area contributed by atoms with Crippen molar-refractivity contribution in [3.05, 3.63) is 168 Å². The van der Waals surface area contributed by atoms with Gasteiger partial charge in [0, 0.05) is 68.1 Å². The molecule has 0 spiro atoms. The number of benzene rings is 3. The summed E-state index contributed by atoms with van der Waals surface area (Å²) in [6, 6.07) is 26.8. The zero-order chi connectivity index (χ0) is 33.1. The second-order valence-corrected chi connectivity index (χ2v) is 15.4. The molecule has 1 saturated heterocycles. The number of anilines is 1. The van der Waals surface area contributed by atoms with Crippen LogP contribution in [0.3, 0.4) is 0 Å². The van der Waals surface area contributed by atoms with Crippen molar-refractivity contribution in [1.82, 2.24) is 9.47 Å². The first-order valence-electron chi connectivity index (χ1n) is 18.2. The number of rotatable bonds is 3. The zero-order valence-corrected chi connectivity index (χ0v) is 28.8. The Bertz CT molecular complexity index is 2320. The first-order valence-corrected chi connectivity index (χ1v) is 18.2. The van der Waals surface area contributed by atoms with Crippen molar-refractivity contribution in [3.8, 4) is 5.69 Å². The molecular formula is C46H43N3. The molecular weight excluding hydrogens is 595 g/mol. The maximum Gasteiger partial charge on any atom is 0.0674 e. The van der Waals surface area contributed by atoms with Crippen molar-refractivity contribution in [3.63, 3.8) is 0 Å². The lowest BCUT2D eigenvalue weighted by Crippen LogP contribution is -2.43. The van der Waals surface area contributed by atoms with Crippen molar-refractivity contribution < 1.29 is 0 Å². The lowest BCUT2D eigenvalue weighted by molar-refractivity contribution is 0.231. The monoisotopic (exact) mass is 637 g/mol. The molecule has 49 heavy (non-hydrogen) atoms. The number of para-hydroxylation sites is 2. The van der Waals surface area contributed by atoms with E-state index in [0.29, 0.717) is 23.7 Å². The fraction of sp³-hybridized carbons (Fsp3) is 0.261. The highest BCUT2D eigenvalue weighted by molar-refractivity contribution is 6.10. The van der Waals surface area contributed by atoms with Crippen molar-refractivity contribution in [2.45, 2.75) is 46.1 Å². The van der Waals surface area contributed by atoms with Crippen LogP contribution in [0.25, 0.3) is 27.5 Å². The standard InChI is InChI=1S/C46H43N3/c1-30-14-12-18-34(28-30)49-41-25-26-42-46(4,43(41)37-20-10-11-27-45(37,49)3)38-21-13-15-31(2)44(38)48(42)33-23-24-40-36(29-33)35-19-8-9-22-39(35)47(40)32-16-6-5-7-17-32/h5-13,16-31,37,43H,14-15H2,1-4H3. The Hall–Kier alpha value is -5.02. The molecule has 0 N–H and O–H groups in total. The zero-order valence-electron chi connectivity index (χ0n) is 28.8. The molecule has 4 aromatic rings. The molecule has 3 nitrogen and oxygen atoms in total. The Morgan fingerprint density at radius 2 is 1.55 bits per heavy atom. The second-order valence-electron chi connectivity index (χ2n) is 15.4. The highest BCUT2D eigenvalue weighted by atomic mass is 15.3. The van der Waals surface area contributed by atoms with E-state index in [-0.39, 0.29) is 11.0 Å². The fourth-order valence-electron chi connectivity index (χ4n) is 10.3. The quantitative estimate of drug-likeness (QED) is 0.221. The van der Waals surface area contributed by atoms with E-state index in [1.54, 1.807) is 0 Å². The van der Waals surface area contributed by atoms with Crippen molar-refractivity contribution in [2.24, 2.45) is 29.1 Å². The first kappa shape index (κ1) is 28.9. The fourth-order valence-corrected chi connectivity index (χ4v) is 10.3. The van der Waals surface area contributed by atoms with Crippen LogP contribution >= 0.6 is 0 Å². The third kappa shape index (κ3) is 3.79. The topological polar surface area (TPSA) is 11.4 Å². The third-order valence-electron chi connectivity index (χ3n) is 12.5. The van der Waals surface area contributed by atoms with Crippen LogP contribution in [0, 0.1) is 29.1 Å². The molecule has 1 fully saturated rings. The van der Waals surface area contributed by atoms with Gasteiger partial charge >= 0.3 is 0 Å². The molecule has 0 radical (unpaired) electrons. The highest BCUT2D eigenvalue weighted by Crippen LogP contribution is 2.67. The van der Waals surface area contributed by atoms with E-state index in [4.69, 9.17) is 0 Å². The van der Waals surface area contributed by atoms with Gasteiger partial charge in [-0.05, 0) is 92.8 Å². The van der Waals surface area contributed by atoms with Crippen LogP contribution < -0.4 is 4.90 Å². The predicted molar refractivity (Wildman–Crippen MR) is 204 cm³/mol. The Morgan fingerprint density at radius 1 is 0.755 bits per heavy atom. The number of aromatic nitrogens is 1. The van der Waals surface area contributed by atoms with Crippen LogP contribution in [-0.2, 0) is 0 Å². The molecule has 6 aliphatic rings. The second kappa shape index (κ2) is 10.2. The van der Waals surface area contributed by atoms with E-state index in [9.17, 15) is 0 Å². The SMILES string of the molecule is CC1C=C(N2C3=CC=C4N(c5ccc6c(c5)c5ccccc5n6-c5ccccc5)C5=C(C=CCC5C)C4(C)C3C3C=CC=CC32C)C=CC1. The Balaban J connectivity index is 1.19. The van der Waals surface area contributed by atoms with Crippen LogP contribution in [-0.4, -0.2) is 15.0 Å². The minimum absolute atomic E-state index is 0.138. The van der Waals surface area contributed by atoms with Crippen LogP contribution in [0.1, 0.15) is 40.5 Å². The number of nitrogens with zero attached hydrogens (tertiary/aromatic N) is 3. The Labute approximate surface area is 289 Å². The van der Waals surface area contributed by atoms with Gasteiger partial charge in [0.1, 0.15) is 0 Å². The summed E-state index contributed by atoms with van der Waals surface area (Å²) in [4.78, 5) is 5.35. The van der Waals surface area contributed by atoms with E-state index >= 15 is 0 Å². The van der Waals surface area contributed by atoms with Gasteiger partial charge in [0.05, 0.1) is 16.6 Å². The van der Waals surface area contributed by atoms with Gasteiger partial charge in [-0.3, -0.25) is 0 Å². The minimum Gasteiger partial charge on any atom is -0.335 e. The van der Waals surface area contributed by atoms with Crippen molar-refractivity contribution >= 4 is 27.5 Å². The lowest BCUT2D eigenvalue weighted by atomic mass is 9.60. The molecule has 242 valence electrons. The van der Waals surface area contributed by atoms with Gasteiger partial charge in [0.15, 0.2) is 0 Å². The van der Waals surface area contributed by atoms with Crippen LogP contribution in [0.15, 0.2) is 168 Å². The molecule has 3 heteroatoms. The number of fused-ring (bicyclic) bond motifs is 9. The van der Waals surface area contributed by atoms with Crippen LogP contribution in [0.2, 0.25) is 0 Å². The first-order chi connectivity index (χ1) is 23.9. The molecule has 3 heterocycles. The third-order valence-corrected chi connectivity index (χ3v) is 12.5. The largest absolute Gasteiger partial charge is 0.335 e. The highest BCUT2D eigenvalue weighted by Gasteiger charge is 2.63. The molecule has 6 atom stereocenters. The average molecular weight is 638 g/mol. The molecule has 1 aromatic heterocycles. The van der Waals surface area contributed by atoms with Crippen molar-refractivity contribution in [1.29, 1.82) is 0 Å². The summed E-state index contributed by atoms with van der Waals surface area (Å²) in [5, 5.41) is 2.59. The van der Waals surface area contributed by atoms with E-state index in [0.717, 1.165) is 12.8 Å². The molecule has 0 bridgehead atoms. The molecule has 3 aromatic carbocycles. The Kier molecular flexibility index (Phi) is 6.05. The van der Waals surface area contributed by atoms with Crippen LogP contribution in [0.5, 0.6) is 0 Å². The normalized spacial score (nSPS) is 31.1. The molecule has 2 aliphatic heterocycles. The van der Waals surface area contributed by atoms with E-state index < -0.39 is 0 Å². The van der Waals surface area contributed by atoms with Gasteiger partial charge in [-0.15, -0.1) is 0 Å². The predicted octanol–water partition coefficient (Wildman–Crippen LogP) is 11.2. The lowest BCUT2D eigenvalue weighted by Gasteiger charge is -2.42. The number of hydrogen-bond donors (Lipinski definition) is 0. The average Bonchev–Trinajstić information content (AvgIpc) is 3.70. The summed E-state index contributed by atoms with van der Waals surface area (Å²) in [5.74, 6) is 1.61. The number of likely N-dealkylation sites (tertiary alicyclic amines) is 1. The maximum absolute atomic E-state index is 2.69. The Morgan fingerprint density at radius 3 is 2.41 bits per heavy atom. The van der Waals surface area contributed by atoms with Gasteiger partial charge in [-0.2, -0.15) is 0 Å². The number of hydrogen-bond acceptors (Lipinski definition) is 2. The van der Waals surface area contributed by atoms with E-state index in [2.05, 4.69) is 182 Å². The summed E-state index contributed by atoms with van der Waals surface area (Å²) < 4.78 is 2.42. The smallest absolute Gasteiger partial charge is 0.0674 e.